The third kappa shape index (κ3) is 4.29. The smallest absolute Gasteiger partial charge is 0.0716 e. The molecule has 0 saturated carbocycles. The van der Waals surface area contributed by atoms with Gasteiger partial charge in [0.2, 0.25) is 0 Å². The van der Waals surface area contributed by atoms with Gasteiger partial charge in [0.05, 0.1) is 12.2 Å². The Hall–Kier alpha value is -0.900. The number of piperidine rings is 2. The first-order valence-corrected chi connectivity index (χ1v) is 8.34. The molecule has 2 unspecified atom stereocenters. The van der Waals surface area contributed by atoms with Crippen LogP contribution in [0, 0.1) is 0 Å². The largest absolute Gasteiger partial charge is 0.390 e. The highest BCUT2D eigenvalue weighted by Crippen LogP contribution is 2.35. The fraction of sp³-hybridized carbons (Fsp3) is 0.667. The molecule has 3 rings (SSSR count). The second kappa shape index (κ2) is 6.91. The fourth-order valence-electron chi connectivity index (χ4n) is 3.90. The molecule has 0 spiro atoms. The summed E-state index contributed by atoms with van der Waals surface area (Å²) < 4.78 is 5.72. The molecule has 0 aromatic heterocycles. The number of fused-ring (bicyclic) bond motifs is 2. The van der Waals surface area contributed by atoms with Crippen molar-refractivity contribution in [2.75, 3.05) is 6.61 Å². The summed E-state index contributed by atoms with van der Waals surface area (Å²) in [7, 11) is 0. The average Bonchev–Trinajstić information content (AvgIpc) is 2.47. The number of benzene rings is 1. The lowest BCUT2D eigenvalue weighted by molar-refractivity contribution is -0.0433. The van der Waals surface area contributed by atoms with Crippen molar-refractivity contribution in [1.82, 2.24) is 5.32 Å². The molecule has 2 atom stereocenters. The van der Waals surface area contributed by atoms with Gasteiger partial charge >= 0.3 is 0 Å². The predicted molar refractivity (Wildman–Crippen MR) is 84.1 cm³/mol. The van der Waals surface area contributed by atoms with Gasteiger partial charge in [0.1, 0.15) is 0 Å². The Morgan fingerprint density at radius 2 is 1.86 bits per heavy atom. The van der Waals surface area contributed by atoms with Crippen LogP contribution in [0.25, 0.3) is 0 Å². The quantitative estimate of drug-likeness (QED) is 0.791. The van der Waals surface area contributed by atoms with Crippen LogP contribution in [0.15, 0.2) is 30.3 Å². The second-order valence-electron chi connectivity index (χ2n) is 6.77. The zero-order chi connectivity index (χ0) is 14.5. The van der Waals surface area contributed by atoms with Gasteiger partial charge in [0.15, 0.2) is 0 Å². The summed E-state index contributed by atoms with van der Waals surface area (Å²) >= 11 is 0. The number of ether oxygens (including phenoxy) is 1. The maximum atomic E-state index is 10.8. The summed E-state index contributed by atoms with van der Waals surface area (Å²) in [6.07, 6.45) is 7.43. The molecule has 21 heavy (non-hydrogen) atoms. The highest BCUT2D eigenvalue weighted by atomic mass is 16.5. The van der Waals surface area contributed by atoms with E-state index in [1.165, 1.54) is 24.8 Å². The van der Waals surface area contributed by atoms with Gasteiger partial charge in [-0.15, -0.1) is 0 Å². The zero-order valence-electron chi connectivity index (χ0n) is 12.8. The highest BCUT2D eigenvalue weighted by Gasteiger charge is 2.39. The van der Waals surface area contributed by atoms with Crippen LogP contribution in [-0.2, 0) is 11.3 Å². The zero-order valence-corrected chi connectivity index (χ0v) is 12.8. The first-order chi connectivity index (χ1) is 10.2. The van der Waals surface area contributed by atoms with Crippen molar-refractivity contribution >= 4 is 0 Å². The van der Waals surface area contributed by atoms with Gasteiger partial charge in [-0.1, -0.05) is 36.8 Å². The van der Waals surface area contributed by atoms with E-state index in [9.17, 15) is 5.11 Å². The highest BCUT2D eigenvalue weighted by molar-refractivity contribution is 5.13. The minimum atomic E-state index is -0.461. The Morgan fingerprint density at radius 1 is 1.14 bits per heavy atom. The Bertz CT molecular complexity index is 422. The predicted octanol–water partition coefficient (Wildman–Crippen LogP) is 3.02. The van der Waals surface area contributed by atoms with Gasteiger partial charge in [0.25, 0.3) is 0 Å². The first kappa shape index (κ1) is 15.0. The number of rotatable bonds is 6. The molecule has 116 valence electrons. The molecule has 2 saturated heterocycles. The summed E-state index contributed by atoms with van der Waals surface area (Å²) in [5.74, 6) is 0. The lowest BCUT2D eigenvalue weighted by Gasteiger charge is -2.45. The van der Waals surface area contributed by atoms with E-state index in [0.29, 0.717) is 18.7 Å². The molecular formula is C18H27NO2. The molecule has 0 amide bonds. The molecule has 2 fully saturated rings. The van der Waals surface area contributed by atoms with Gasteiger partial charge in [-0.05, 0) is 44.1 Å². The van der Waals surface area contributed by atoms with Crippen LogP contribution < -0.4 is 5.32 Å². The molecule has 2 heterocycles. The van der Waals surface area contributed by atoms with E-state index < -0.39 is 5.60 Å². The van der Waals surface area contributed by atoms with E-state index in [0.717, 1.165) is 32.3 Å². The van der Waals surface area contributed by atoms with Crippen LogP contribution in [0.4, 0.5) is 0 Å². The van der Waals surface area contributed by atoms with E-state index in [1.54, 1.807) is 0 Å². The Labute approximate surface area is 127 Å². The molecule has 2 bridgehead atoms. The minimum Gasteiger partial charge on any atom is -0.390 e. The lowest BCUT2D eigenvalue weighted by Crippen LogP contribution is -2.55. The van der Waals surface area contributed by atoms with E-state index in [-0.39, 0.29) is 0 Å². The summed E-state index contributed by atoms with van der Waals surface area (Å²) in [5.41, 5.74) is 0.754. The Balaban J connectivity index is 1.37. The maximum Gasteiger partial charge on any atom is 0.0716 e. The number of nitrogens with one attached hydrogen (secondary N) is 1. The van der Waals surface area contributed by atoms with Gasteiger partial charge < -0.3 is 15.2 Å². The summed E-state index contributed by atoms with van der Waals surface area (Å²) in [6.45, 7) is 1.41. The van der Waals surface area contributed by atoms with E-state index in [1.807, 2.05) is 18.2 Å². The van der Waals surface area contributed by atoms with Crippen molar-refractivity contribution in [2.45, 2.75) is 69.2 Å². The third-order valence-electron chi connectivity index (χ3n) is 4.87. The van der Waals surface area contributed by atoms with Crippen LogP contribution in [0.2, 0.25) is 0 Å². The molecule has 2 aliphatic rings. The molecule has 0 radical (unpaired) electrons. The third-order valence-corrected chi connectivity index (χ3v) is 4.87. The minimum absolute atomic E-state index is 0.461. The Morgan fingerprint density at radius 3 is 2.57 bits per heavy atom. The number of aliphatic hydroxyl groups is 1. The van der Waals surface area contributed by atoms with Crippen LogP contribution in [0.3, 0.4) is 0 Å². The second-order valence-corrected chi connectivity index (χ2v) is 6.77. The monoisotopic (exact) mass is 289 g/mol. The molecule has 3 nitrogen and oxygen atoms in total. The summed E-state index contributed by atoms with van der Waals surface area (Å²) in [5, 5.41) is 14.4. The van der Waals surface area contributed by atoms with Crippen LogP contribution >= 0.6 is 0 Å². The van der Waals surface area contributed by atoms with Gasteiger partial charge in [-0.2, -0.15) is 0 Å². The number of hydrogen-bond donors (Lipinski definition) is 2. The molecule has 2 aliphatic heterocycles. The van der Waals surface area contributed by atoms with Crippen LogP contribution in [-0.4, -0.2) is 29.4 Å². The molecular weight excluding hydrogens is 262 g/mol. The van der Waals surface area contributed by atoms with Crippen molar-refractivity contribution in [3.8, 4) is 0 Å². The standard InChI is InChI=1S/C18H27NO2/c20-18(12-16-8-4-9-17(13-18)19-16)10-5-11-21-14-15-6-2-1-3-7-15/h1-3,6-7,16-17,19-20H,4-5,8-14H2. The van der Waals surface area contributed by atoms with Crippen molar-refractivity contribution in [1.29, 1.82) is 0 Å². The summed E-state index contributed by atoms with van der Waals surface area (Å²) in [4.78, 5) is 0. The molecule has 0 aliphatic carbocycles. The maximum absolute atomic E-state index is 10.8. The van der Waals surface area contributed by atoms with Crippen molar-refractivity contribution in [2.24, 2.45) is 0 Å². The van der Waals surface area contributed by atoms with Crippen molar-refractivity contribution in [3.05, 3.63) is 35.9 Å². The Kier molecular flexibility index (Phi) is 4.94. The lowest BCUT2D eigenvalue weighted by atomic mass is 9.75. The van der Waals surface area contributed by atoms with Gasteiger partial charge in [-0.3, -0.25) is 0 Å². The summed E-state index contributed by atoms with van der Waals surface area (Å²) in [6, 6.07) is 11.3. The average molecular weight is 289 g/mol. The molecule has 2 N–H and O–H groups in total. The molecule has 1 aromatic carbocycles. The normalized spacial score (nSPS) is 32.0. The van der Waals surface area contributed by atoms with Gasteiger partial charge in [0, 0.05) is 18.7 Å². The first-order valence-electron chi connectivity index (χ1n) is 8.34. The van der Waals surface area contributed by atoms with E-state index in [4.69, 9.17) is 4.74 Å². The fourth-order valence-corrected chi connectivity index (χ4v) is 3.90. The van der Waals surface area contributed by atoms with Crippen molar-refractivity contribution < 1.29 is 9.84 Å². The van der Waals surface area contributed by atoms with Gasteiger partial charge in [-0.25, -0.2) is 0 Å². The number of hydrogen-bond acceptors (Lipinski definition) is 3. The van der Waals surface area contributed by atoms with Crippen LogP contribution in [0.5, 0.6) is 0 Å². The van der Waals surface area contributed by atoms with E-state index >= 15 is 0 Å². The molecule has 1 aromatic rings. The van der Waals surface area contributed by atoms with E-state index in [2.05, 4.69) is 17.4 Å². The topological polar surface area (TPSA) is 41.5 Å². The van der Waals surface area contributed by atoms with Crippen LogP contribution in [0.1, 0.15) is 50.5 Å². The SMILES string of the molecule is OC1(CCCOCc2ccccc2)CC2CCCC(C1)N2. The molecule has 3 heteroatoms. The van der Waals surface area contributed by atoms with Crippen molar-refractivity contribution in [3.63, 3.8) is 0 Å².